The summed E-state index contributed by atoms with van der Waals surface area (Å²) in [7, 11) is 2.23. The van der Waals surface area contributed by atoms with E-state index in [-0.39, 0.29) is 72.4 Å². The van der Waals surface area contributed by atoms with Gasteiger partial charge in [-0.1, -0.05) is 0 Å². The number of hydrogen-bond acceptors (Lipinski definition) is 2. The maximum atomic E-state index is 10.3. The standard InChI is InChI=1S/C4H8NO2P.K.W/c1-3(2-8)4(6)5-7;;/h2-3,7H,1,8H2,(H,5,6);;/q-2;+1;/t3-;;/m0../s1. The van der Waals surface area contributed by atoms with E-state index >= 15 is 0 Å². The largest absolute Gasteiger partial charge is 1.00 e. The zero-order valence-corrected chi connectivity index (χ0v) is 12.9. The van der Waals surface area contributed by atoms with E-state index in [2.05, 4.69) is 16.2 Å². The third-order valence-corrected chi connectivity index (χ3v) is 1.14. The summed E-state index contributed by atoms with van der Waals surface area (Å²) in [5.41, 5.74) is 1.47. The van der Waals surface area contributed by atoms with Crippen LogP contribution in [0, 0.1) is 19.0 Å². The van der Waals surface area contributed by atoms with Crippen LogP contribution in [0.1, 0.15) is 0 Å². The molecule has 0 spiro atoms. The van der Waals surface area contributed by atoms with Crippen LogP contribution in [0.5, 0.6) is 0 Å². The fourth-order valence-electron chi connectivity index (χ4n) is 0.170. The fourth-order valence-corrected chi connectivity index (χ4v) is 0.345. The Kier molecular flexibility index (Phi) is 20.2. The minimum absolute atomic E-state index is 0. The molecule has 6 heteroatoms. The van der Waals surface area contributed by atoms with E-state index in [4.69, 9.17) is 5.21 Å². The van der Waals surface area contributed by atoms with Crippen molar-refractivity contribution in [1.29, 1.82) is 0 Å². The van der Waals surface area contributed by atoms with Gasteiger partial charge in [-0.05, 0) is 0 Å². The SMILES string of the molecule is [CH2-][C@@H]([CH-]P)C(=O)NO.[K+].[W]. The van der Waals surface area contributed by atoms with Crippen LogP contribution in [0.3, 0.4) is 0 Å². The Morgan fingerprint density at radius 1 is 1.80 bits per heavy atom. The average molecular weight is 356 g/mol. The third-order valence-electron chi connectivity index (χ3n) is 0.679. The van der Waals surface area contributed by atoms with Crippen molar-refractivity contribution in [3.63, 3.8) is 0 Å². The molecule has 0 heterocycles. The first kappa shape index (κ1) is 18.1. The van der Waals surface area contributed by atoms with Crippen LogP contribution < -0.4 is 56.9 Å². The molecule has 2 N–H and O–H groups in total. The number of carbonyl (C=O) groups excluding carboxylic acids is 1. The fraction of sp³-hybridized carbons (Fsp3) is 0.250. The quantitative estimate of drug-likeness (QED) is 0.182. The Morgan fingerprint density at radius 2 is 2.20 bits per heavy atom. The van der Waals surface area contributed by atoms with E-state index < -0.39 is 11.8 Å². The molecule has 0 rings (SSSR count). The molecule has 0 radical (unpaired) electrons. The van der Waals surface area contributed by atoms with Crippen molar-refractivity contribution in [3.8, 4) is 0 Å². The molecular weight excluding hydrogens is 348 g/mol. The third kappa shape index (κ3) is 8.28. The van der Waals surface area contributed by atoms with Gasteiger partial charge in [0.05, 0.1) is 0 Å². The summed E-state index contributed by atoms with van der Waals surface area (Å²) in [4.78, 5) is 10.3. The molecule has 1 amide bonds. The zero-order chi connectivity index (χ0) is 6.57. The van der Waals surface area contributed by atoms with Crippen molar-refractivity contribution in [2.24, 2.45) is 5.92 Å². The first-order valence-corrected chi connectivity index (χ1v) is 2.71. The van der Waals surface area contributed by atoms with Gasteiger partial charge in [0.2, 0.25) is 0 Å². The molecule has 2 atom stereocenters. The maximum Gasteiger partial charge on any atom is 1.00 e. The Bertz CT molecular complexity index is 95.3. The second kappa shape index (κ2) is 11.2. The molecule has 0 fully saturated rings. The van der Waals surface area contributed by atoms with Gasteiger partial charge in [0.25, 0.3) is 0 Å². The van der Waals surface area contributed by atoms with Gasteiger partial charge in [0.1, 0.15) is 0 Å². The molecule has 3 nitrogen and oxygen atoms in total. The van der Waals surface area contributed by atoms with Crippen LogP contribution in [0.25, 0.3) is 0 Å². The van der Waals surface area contributed by atoms with Gasteiger partial charge in [-0.2, -0.15) is 0 Å². The summed E-state index contributed by atoms with van der Waals surface area (Å²) in [6, 6.07) is 0. The van der Waals surface area contributed by atoms with Crippen LogP contribution in [0.2, 0.25) is 0 Å². The van der Waals surface area contributed by atoms with Gasteiger partial charge in [-0.25, -0.2) is 11.4 Å². The molecule has 0 aromatic rings. The van der Waals surface area contributed by atoms with Crippen molar-refractivity contribution in [2.75, 3.05) is 0 Å². The first-order chi connectivity index (χ1) is 3.72. The number of nitrogens with one attached hydrogen (secondary N) is 1. The van der Waals surface area contributed by atoms with Crippen LogP contribution in [0.15, 0.2) is 0 Å². The summed E-state index contributed by atoms with van der Waals surface area (Å²) in [5, 5.41) is 7.97. The van der Waals surface area contributed by atoms with Crippen molar-refractivity contribution in [3.05, 3.63) is 13.1 Å². The van der Waals surface area contributed by atoms with E-state index in [0.29, 0.717) is 0 Å². The second-order valence-electron chi connectivity index (χ2n) is 1.27. The average Bonchev–Trinajstić information content (AvgIpc) is 1.84. The molecule has 0 saturated heterocycles. The molecular formula is C4H8KNO2PW-. The summed E-state index contributed by atoms with van der Waals surface area (Å²) in [5.74, 6) is -0.995. The predicted octanol–water partition coefficient (Wildman–Crippen LogP) is -3.02. The summed E-state index contributed by atoms with van der Waals surface area (Å²) in [6.07, 6.45) is 1.51. The zero-order valence-electron chi connectivity index (χ0n) is 5.70. The summed E-state index contributed by atoms with van der Waals surface area (Å²) in [6.45, 7) is 3.38. The Morgan fingerprint density at radius 3 is 2.30 bits per heavy atom. The van der Waals surface area contributed by atoms with Crippen molar-refractivity contribution >= 4 is 15.1 Å². The number of carbonyl (C=O) groups is 1. The van der Waals surface area contributed by atoms with Crippen LogP contribution in [-0.4, -0.2) is 11.1 Å². The van der Waals surface area contributed by atoms with E-state index in [1.54, 1.807) is 0 Å². The van der Waals surface area contributed by atoms with Gasteiger partial charge in [-0.3, -0.25) is 10.0 Å². The van der Waals surface area contributed by atoms with Gasteiger partial charge in [0, 0.05) is 21.1 Å². The summed E-state index contributed by atoms with van der Waals surface area (Å²) < 4.78 is 0. The molecule has 0 aliphatic rings. The molecule has 0 aliphatic heterocycles. The molecule has 54 valence electrons. The van der Waals surface area contributed by atoms with E-state index in [1.807, 2.05) is 0 Å². The van der Waals surface area contributed by atoms with E-state index in [1.165, 1.54) is 11.6 Å². The molecule has 0 saturated carbocycles. The number of hydrogen-bond donors (Lipinski definition) is 2. The number of hydroxylamine groups is 1. The van der Waals surface area contributed by atoms with Crippen LogP contribution >= 0.6 is 9.24 Å². The number of amides is 1. The van der Waals surface area contributed by atoms with E-state index in [9.17, 15) is 4.79 Å². The van der Waals surface area contributed by atoms with Gasteiger partial charge < -0.3 is 22.3 Å². The van der Waals surface area contributed by atoms with E-state index in [0.717, 1.165) is 0 Å². The minimum atomic E-state index is -0.500. The molecule has 10 heavy (non-hydrogen) atoms. The van der Waals surface area contributed by atoms with Crippen molar-refractivity contribution in [2.45, 2.75) is 0 Å². The topological polar surface area (TPSA) is 49.3 Å². The molecule has 0 aromatic carbocycles. The Labute approximate surface area is 120 Å². The van der Waals surface area contributed by atoms with Crippen molar-refractivity contribution in [1.82, 2.24) is 5.48 Å². The van der Waals surface area contributed by atoms with Gasteiger partial charge in [-0.15, -0.1) is 0 Å². The molecule has 0 bridgehead atoms. The summed E-state index contributed by atoms with van der Waals surface area (Å²) >= 11 is 0. The van der Waals surface area contributed by atoms with Crippen molar-refractivity contribution < 1.29 is 82.5 Å². The Balaban J connectivity index is -0.000000245. The monoisotopic (exact) mass is 356 g/mol. The minimum Gasteiger partial charge on any atom is -0.360 e. The number of rotatable bonds is 2. The first-order valence-electron chi connectivity index (χ1n) is 2.04. The predicted molar refractivity (Wildman–Crippen MR) is 32.8 cm³/mol. The molecule has 1 unspecified atom stereocenters. The molecule has 0 aromatic heterocycles. The molecule has 0 aliphatic carbocycles. The second-order valence-corrected chi connectivity index (χ2v) is 1.66. The maximum absolute atomic E-state index is 10.3. The smallest absolute Gasteiger partial charge is 0.360 e. The van der Waals surface area contributed by atoms with Gasteiger partial charge >= 0.3 is 51.4 Å². The van der Waals surface area contributed by atoms with Crippen LogP contribution in [-0.2, 0) is 25.9 Å². The van der Waals surface area contributed by atoms with Crippen LogP contribution in [0.4, 0.5) is 0 Å². The van der Waals surface area contributed by atoms with Gasteiger partial charge in [0.15, 0.2) is 5.91 Å². The Hall–Kier alpha value is 2.18. The normalized spacial score (nSPS) is 10.3.